The summed E-state index contributed by atoms with van der Waals surface area (Å²) in [5.74, 6) is 0.559. The molecule has 1 saturated heterocycles. The molecular formula is C23H27NO5. The van der Waals surface area contributed by atoms with Crippen LogP contribution in [0.4, 0.5) is 0 Å². The minimum Gasteiger partial charge on any atom is -0.481 e. The molecule has 154 valence electrons. The first-order chi connectivity index (χ1) is 14.1. The zero-order chi connectivity index (χ0) is 20.3. The lowest BCUT2D eigenvalue weighted by Crippen LogP contribution is -2.55. The standard InChI is InChI=1S/C23H27NO5/c25-21-10-12-24(14-18-8-9-19-20(13-18)29-16-28-19)15-23(21,22(26)27)11-4-7-17-5-2-1-3-6-17/h1-3,5-6,8-9,13,21,25H,4,7,10-12,14-16H2,(H,26,27)/t21-,23+/m0/s1. The summed E-state index contributed by atoms with van der Waals surface area (Å²) in [5, 5.41) is 20.7. The number of likely N-dealkylation sites (tertiary alicyclic amines) is 1. The number of aliphatic carboxylic acids is 1. The number of aryl methyl sites for hydroxylation is 1. The Labute approximate surface area is 170 Å². The van der Waals surface area contributed by atoms with Gasteiger partial charge in [-0.15, -0.1) is 0 Å². The van der Waals surface area contributed by atoms with Crippen molar-refractivity contribution in [3.63, 3.8) is 0 Å². The largest absolute Gasteiger partial charge is 0.481 e. The van der Waals surface area contributed by atoms with Crippen molar-refractivity contribution < 1.29 is 24.5 Å². The van der Waals surface area contributed by atoms with Crippen LogP contribution in [-0.2, 0) is 17.8 Å². The van der Waals surface area contributed by atoms with Gasteiger partial charge in [-0.1, -0.05) is 36.4 Å². The lowest BCUT2D eigenvalue weighted by molar-refractivity contribution is -0.164. The van der Waals surface area contributed by atoms with E-state index in [1.54, 1.807) is 0 Å². The van der Waals surface area contributed by atoms with Gasteiger partial charge in [0.05, 0.1) is 6.10 Å². The smallest absolute Gasteiger partial charge is 0.313 e. The lowest BCUT2D eigenvalue weighted by Gasteiger charge is -2.43. The molecule has 0 aliphatic carbocycles. The van der Waals surface area contributed by atoms with Crippen LogP contribution >= 0.6 is 0 Å². The van der Waals surface area contributed by atoms with Crippen molar-refractivity contribution in [1.82, 2.24) is 4.90 Å². The zero-order valence-electron chi connectivity index (χ0n) is 16.4. The Hall–Kier alpha value is -2.57. The third kappa shape index (κ3) is 4.23. The van der Waals surface area contributed by atoms with Gasteiger partial charge in [-0.3, -0.25) is 9.69 Å². The monoisotopic (exact) mass is 397 g/mol. The van der Waals surface area contributed by atoms with Crippen molar-refractivity contribution in [2.24, 2.45) is 5.41 Å². The molecule has 6 heteroatoms. The number of fused-ring (bicyclic) bond motifs is 1. The van der Waals surface area contributed by atoms with E-state index in [2.05, 4.69) is 17.0 Å². The maximum atomic E-state index is 12.3. The number of nitrogens with zero attached hydrogens (tertiary/aromatic N) is 1. The van der Waals surface area contributed by atoms with Crippen LogP contribution in [-0.4, -0.2) is 47.1 Å². The normalized spacial score (nSPS) is 23.8. The molecule has 2 aromatic rings. The van der Waals surface area contributed by atoms with E-state index in [0.717, 1.165) is 29.9 Å². The van der Waals surface area contributed by atoms with Gasteiger partial charge in [0.2, 0.25) is 6.79 Å². The van der Waals surface area contributed by atoms with Crippen LogP contribution in [0.3, 0.4) is 0 Å². The molecule has 0 amide bonds. The predicted molar refractivity (Wildman–Crippen MR) is 108 cm³/mol. The quantitative estimate of drug-likeness (QED) is 0.748. The molecular weight excluding hydrogens is 370 g/mol. The van der Waals surface area contributed by atoms with Crippen molar-refractivity contribution in [3.05, 3.63) is 59.7 Å². The average Bonchev–Trinajstić information content (AvgIpc) is 3.19. The highest BCUT2D eigenvalue weighted by Crippen LogP contribution is 2.38. The van der Waals surface area contributed by atoms with Gasteiger partial charge in [0.25, 0.3) is 0 Å². The Bertz CT molecular complexity index is 856. The minimum atomic E-state index is -1.14. The molecule has 2 aromatic carbocycles. The number of ether oxygens (including phenoxy) is 2. The van der Waals surface area contributed by atoms with Crippen LogP contribution in [0.15, 0.2) is 48.5 Å². The Morgan fingerprint density at radius 1 is 1.10 bits per heavy atom. The Kier molecular flexibility index (Phi) is 5.74. The molecule has 1 fully saturated rings. The number of rotatable bonds is 7. The predicted octanol–water partition coefficient (Wildman–Crippen LogP) is 3.08. The van der Waals surface area contributed by atoms with Crippen molar-refractivity contribution >= 4 is 5.97 Å². The highest BCUT2D eigenvalue weighted by molar-refractivity contribution is 5.76. The summed E-state index contributed by atoms with van der Waals surface area (Å²) in [4.78, 5) is 14.4. The summed E-state index contributed by atoms with van der Waals surface area (Å²) in [6, 6.07) is 15.9. The maximum absolute atomic E-state index is 12.3. The van der Waals surface area contributed by atoms with E-state index in [1.807, 2.05) is 36.4 Å². The highest BCUT2D eigenvalue weighted by atomic mass is 16.7. The number of carboxylic acids is 1. The van der Waals surface area contributed by atoms with E-state index < -0.39 is 17.5 Å². The second kappa shape index (κ2) is 8.43. The third-order valence-corrected chi connectivity index (χ3v) is 6.06. The summed E-state index contributed by atoms with van der Waals surface area (Å²) in [6.07, 6.45) is 1.62. The fourth-order valence-corrected chi connectivity index (χ4v) is 4.41. The van der Waals surface area contributed by atoms with Crippen LogP contribution in [0.2, 0.25) is 0 Å². The van der Waals surface area contributed by atoms with Crippen LogP contribution in [0.25, 0.3) is 0 Å². The Balaban J connectivity index is 1.43. The molecule has 4 rings (SSSR count). The molecule has 0 spiro atoms. The summed E-state index contributed by atoms with van der Waals surface area (Å²) >= 11 is 0. The lowest BCUT2D eigenvalue weighted by atomic mass is 9.73. The molecule has 2 aliphatic heterocycles. The van der Waals surface area contributed by atoms with E-state index in [4.69, 9.17) is 9.47 Å². The van der Waals surface area contributed by atoms with E-state index in [0.29, 0.717) is 32.5 Å². The van der Waals surface area contributed by atoms with E-state index in [9.17, 15) is 15.0 Å². The minimum absolute atomic E-state index is 0.234. The highest BCUT2D eigenvalue weighted by Gasteiger charge is 2.48. The molecule has 2 aliphatic rings. The number of piperidine rings is 1. The molecule has 2 heterocycles. The average molecular weight is 397 g/mol. The maximum Gasteiger partial charge on any atom is 0.313 e. The summed E-state index contributed by atoms with van der Waals surface area (Å²) < 4.78 is 10.8. The van der Waals surface area contributed by atoms with Gasteiger partial charge in [0.15, 0.2) is 11.5 Å². The summed E-state index contributed by atoms with van der Waals surface area (Å²) in [6.45, 7) is 1.87. The van der Waals surface area contributed by atoms with Crippen LogP contribution in [0, 0.1) is 5.41 Å². The zero-order valence-corrected chi connectivity index (χ0v) is 16.4. The summed E-state index contributed by atoms with van der Waals surface area (Å²) in [7, 11) is 0. The SMILES string of the molecule is O=C(O)[C@]1(CCCc2ccccc2)CN(Cc2ccc3c(c2)OCO3)CC[C@@H]1O. The number of aliphatic hydroxyl groups is 1. The number of carbonyl (C=O) groups is 1. The fourth-order valence-electron chi connectivity index (χ4n) is 4.41. The molecule has 2 atom stereocenters. The Morgan fingerprint density at radius 2 is 1.90 bits per heavy atom. The first-order valence-electron chi connectivity index (χ1n) is 10.1. The topological polar surface area (TPSA) is 79.2 Å². The van der Waals surface area contributed by atoms with Crippen molar-refractivity contribution in [3.8, 4) is 11.5 Å². The second-order valence-corrected chi connectivity index (χ2v) is 8.00. The molecule has 2 N–H and O–H groups in total. The number of hydrogen-bond donors (Lipinski definition) is 2. The van der Waals surface area contributed by atoms with E-state index >= 15 is 0 Å². The molecule has 0 saturated carbocycles. The number of benzene rings is 2. The van der Waals surface area contributed by atoms with Gasteiger partial charge >= 0.3 is 5.97 Å². The van der Waals surface area contributed by atoms with Crippen LogP contribution < -0.4 is 9.47 Å². The molecule has 0 aromatic heterocycles. The van der Waals surface area contributed by atoms with Gasteiger partial charge in [0.1, 0.15) is 5.41 Å². The number of hydrogen-bond acceptors (Lipinski definition) is 5. The number of carboxylic acid groups (broad SMARTS) is 1. The van der Waals surface area contributed by atoms with Gasteiger partial charge < -0.3 is 19.7 Å². The van der Waals surface area contributed by atoms with Crippen LogP contribution in [0.1, 0.15) is 30.4 Å². The molecule has 0 radical (unpaired) electrons. The fraction of sp³-hybridized carbons (Fsp3) is 0.435. The first-order valence-corrected chi connectivity index (χ1v) is 10.1. The summed E-state index contributed by atoms with van der Waals surface area (Å²) in [5.41, 5.74) is 1.10. The van der Waals surface area contributed by atoms with Gasteiger partial charge in [-0.05, 0) is 48.9 Å². The van der Waals surface area contributed by atoms with Crippen molar-refractivity contribution in [2.75, 3.05) is 19.9 Å². The number of aliphatic hydroxyl groups excluding tert-OH is 1. The second-order valence-electron chi connectivity index (χ2n) is 8.00. The van der Waals surface area contributed by atoms with Crippen molar-refractivity contribution in [2.45, 2.75) is 38.3 Å². The van der Waals surface area contributed by atoms with Gasteiger partial charge in [0, 0.05) is 19.6 Å². The molecule has 0 unspecified atom stereocenters. The first kappa shape index (κ1) is 19.7. The van der Waals surface area contributed by atoms with Gasteiger partial charge in [-0.25, -0.2) is 0 Å². The molecule has 0 bridgehead atoms. The van der Waals surface area contributed by atoms with E-state index in [-0.39, 0.29) is 6.79 Å². The van der Waals surface area contributed by atoms with E-state index in [1.165, 1.54) is 5.56 Å². The third-order valence-electron chi connectivity index (χ3n) is 6.06. The molecule has 6 nitrogen and oxygen atoms in total. The Morgan fingerprint density at radius 3 is 2.69 bits per heavy atom. The van der Waals surface area contributed by atoms with Crippen molar-refractivity contribution in [1.29, 1.82) is 0 Å². The van der Waals surface area contributed by atoms with Gasteiger partial charge in [-0.2, -0.15) is 0 Å². The molecule has 29 heavy (non-hydrogen) atoms. The van der Waals surface area contributed by atoms with Crippen LogP contribution in [0.5, 0.6) is 11.5 Å².